The van der Waals surface area contributed by atoms with Crippen LogP contribution in [0.25, 0.3) is 0 Å². The fourth-order valence-corrected chi connectivity index (χ4v) is 2.95. The summed E-state index contributed by atoms with van der Waals surface area (Å²) in [7, 11) is -4.22. The Kier molecular flexibility index (Phi) is 6.39. The normalized spacial score (nSPS) is 12.6. The van der Waals surface area contributed by atoms with Crippen molar-refractivity contribution in [1.82, 2.24) is 9.71 Å². The van der Waals surface area contributed by atoms with Gasteiger partial charge in [-0.3, -0.25) is 0 Å². The van der Waals surface area contributed by atoms with Gasteiger partial charge in [0.05, 0.1) is 4.90 Å². The molecule has 2 aromatic rings. The molecule has 1 N–H and O–H groups in total. The maximum Gasteiger partial charge on any atom is 0.573 e. The molecule has 28 heavy (non-hydrogen) atoms. The number of benzene rings is 1. The van der Waals surface area contributed by atoms with E-state index in [9.17, 15) is 34.8 Å². The van der Waals surface area contributed by atoms with Gasteiger partial charge in [-0.2, -0.15) is 13.2 Å². The molecule has 0 spiro atoms. The Morgan fingerprint density at radius 3 is 2.39 bits per heavy atom. The average Bonchev–Trinajstić information content (AvgIpc) is 2.57. The number of pyridine rings is 1. The van der Waals surface area contributed by atoms with Crippen LogP contribution in [0.15, 0.2) is 47.5 Å². The van der Waals surface area contributed by atoms with Crippen LogP contribution in [0.2, 0.25) is 0 Å². The summed E-state index contributed by atoms with van der Waals surface area (Å²) < 4.78 is 108. The summed E-state index contributed by atoms with van der Waals surface area (Å²) in [5, 5.41) is 0. The van der Waals surface area contributed by atoms with Gasteiger partial charge in [0.15, 0.2) is 6.61 Å². The Morgan fingerprint density at radius 2 is 1.75 bits per heavy atom. The fourth-order valence-electron chi connectivity index (χ4n) is 1.90. The van der Waals surface area contributed by atoms with Gasteiger partial charge in [0, 0.05) is 24.9 Å². The quantitative estimate of drug-likeness (QED) is 0.682. The van der Waals surface area contributed by atoms with E-state index in [1.807, 2.05) is 0 Å². The van der Waals surface area contributed by atoms with E-state index < -0.39 is 39.8 Å². The van der Waals surface area contributed by atoms with Crippen molar-refractivity contribution in [3.8, 4) is 11.6 Å². The minimum Gasteiger partial charge on any atom is -0.468 e. The third-order valence-corrected chi connectivity index (χ3v) is 4.40. The number of sulfonamides is 1. The molecule has 1 aromatic carbocycles. The smallest absolute Gasteiger partial charge is 0.468 e. The standard InChI is InChI=1S/C15H12F6N2O4S/c16-14(17,18)9-26-13-6-10(4-5-22-13)8-23-28(24,25)12-3-1-2-11(7-12)27-15(19,20)21/h1-7,23H,8-9H2. The Labute approximate surface area is 155 Å². The predicted octanol–water partition coefficient (Wildman–Crippen LogP) is 3.40. The minimum absolute atomic E-state index is 0.221. The summed E-state index contributed by atoms with van der Waals surface area (Å²) in [4.78, 5) is 3.08. The number of alkyl halides is 6. The SMILES string of the molecule is O=S(=O)(NCc1ccnc(OCC(F)(F)F)c1)c1cccc(OC(F)(F)F)c1. The number of nitrogens with zero attached hydrogens (tertiary/aromatic N) is 1. The van der Waals surface area contributed by atoms with Crippen molar-refractivity contribution in [2.75, 3.05) is 6.61 Å². The first-order valence-corrected chi connectivity index (χ1v) is 8.82. The van der Waals surface area contributed by atoms with E-state index >= 15 is 0 Å². The zero-order valence-corrected chi connectivity index (χ0v) is 14.5. The van der Waals surface area contributed by atoms with Crippen LogP contribution in [-0.2, 0) is 16.6 Å². The summed E-state index contributed by atoms with van der Waals surface area (Å²) in [6.45, 7) is -1.93. The number of rotatable bonds is 7. The zero-order valence-electron chi connectivity index (χ0n) is 13.7. The van der Waals surface area contributed by atoms with Gasteiger partial charge in [-0.25, -0.2) is 18.1 Å². The molecule has 0 aliphatic rings. The molecule has 0 saturated heterocycles. The Hall–Kier alpha value is -2.54. The van der Waals surface area contributed by atoms with Crippen LogP contribution in [0.5, 0.6) is 11.6 Å². The molecular formula is C15H12F6N2O4S. The van der Waals surface area contributed by atoms with Gasteiger partial charge in [-0.15, -0.1) is 13.2 Å². The Morgan fingerprint density at radius 1 is 1.04 bits per heavy atom. The van der Waals surface area contributed by atoms with Gasteiger partial charge in [-0.1, -0.05) is 6.07 Å². The van der Waals surface area contributed by atoms with Crippen LogP contribution in [0.4, 0.5) is 26.3 Å². The largest absolute Gasteiger partial charge is 0.573 e. The topological polar surface area (TPSA) is 77.5 Å². The summed E-state index contributed by atoms with van der Waals surface area (Å²) in [5.74, 6) is -1.09. The van der Waals surface area contributed by atoms with Crippen LogP contribution >= 0.6 is 0 Å². The molecule has 0 unspecified atom stereocenters. The molecule has 0 radical (unpaired) electrons. The molecule has 1 heterocycles. The molecule has 2 rings (SSSR count). The number of hydrogen-bond donors (Lipinski definition) is 1. The Bertz CT molecular complexity index is 915. The zero-order chi connectivity index (χ0) is 21.0. The van der Waals surface area contributed by atoms with E-state index in [0.717, 1.165) is 30.5 Å². The van der Waals surface area contributed by atoms with Crippen LogP contribution in [0, 0.1) is 0 Å². The van der Waals surface area contributed by atoms with Crippen LogP contribution < -0.4 is 14.2 Å². The molecule has 0 aliphatic heterocycles. The highest BCUT2D eigenvalue weighted by molar-refractivity contribution is 7.89. The lowest BCUT2D eigenvalue weighted by Gasteiger charge is -2.12. The van der Waals surface area contributed by atoms with Crippen molar-refractivity contribution in [3.63, 3.8) is 0 Å². The second-order valence-electron chi connectivity index (χ2n) is 5.25. The first-order chi connectivity index (χ1) is 12.8. The highest BCUT2D eigenvalue weighted by Gasteiger charge is 2.31. The number of hydrogen-bond acceptors (Lipinski definition) is 5. The summed E-state index contributed by atoms with van der Waals surface area (Å²) in [6, 6.07) is 6.14. The molecule has 0 aliphatic carbocycles. The molecule has 6 nitrogen and oxygen atoms in total. The van der Waals surface area contributed by atoms with Crippen molar-refractivity contribution >= 4 is 10.0 Å². The van der Waals surface area contributed by atoms with Crippen molar-refractivity contribution in [3.05, 3.63) is 48.2 Å². The fraction of sp³-hybridized carbons (Fsp3) is 0.267. The molecule has 13 heteroatoms. The van der Waals surface area contributed by atoms with Gasteiger partial charge in [0.25, 0.3) is 0 Å². The van der Waals surface area contributed by atoms with E-state index in [0.29, 0.717) is 6.07 Å². The van der Waals surface area contributed by atoms with E-state index in [2.05, 4.69) is 19.2 Å². The molecule has 0 saturated carbocycles. The van der Waals surface area contributed by atoms with E-state index in [1.165, 1.54) is 6.07 Å². The van der Waals surface area contributed by atoms with Crippen molar-refractivity contribution in [2.45, 2.75) is 24.0 Å². The first kappa shape index (κ1) is 21.8. The van der Waals surface area contributed by atoms with Crippen molar-refractivity contribution in [1.29, 1.82) is 0 Å². The van der Waals surface area contributed by atoms with Crippen molar-refractivity contribution < 1.29 is 44.2 Å². The first-order valence-electron chi connectivity index (χ1n) is 7.34. The lowest BCUT2D eigenvalue weighted by molar-refractivity contribution is -0.274. The molecular weight excluding hydrogens is 418 g/mol. The monoisotopic (exact) mass is 430 g/mol. The van der Waals surface area contributed by atoms with Gasteiger partial charge < -0.3 is 9.47 Å². The van der Waals surface area contributed by atoms with E-state index in [-0.39, 0.29) is 18.0 Å². The highest BCUT2D eigenvalue weighted by atomic mass is 32.2. The lowest BCUT2D eigenvalue weighted by atomic mass is 10.3. The van der Waals surface area contributed by atoms with Crippen LogP contribution in [0.1, 0.15) is 5.56 Å². The average molecular weight is 430 g/mol. The maximum atomic E-state index is 12.2. The Balaban J connectivity index is 2.06. The third-order valence-electron chi connectivity index (χ3n) is 3.00. The number of ether oxygens (including phenoxy) is 2. The van der Waals surface area contributed by atoms with Gasteiger partial charge in [0.2, 0.25) is 15.9 Å². The molecule has 0 atom stereocenters. The highest BCUT2D eigenvalue weighted by Crippen LogP contribution is 2.25. The number of nitrogens with one attached hydrogen (secondary N) is 1. The predicted molar refractivity (Wildman–Crippen MR) is 82.9 cm³/mol. The second-order valence-corrected chi connectivity index (χ2v) is 7.02. The van der Waals surface area contributed by atoms with Crippen LogP contribution in [0.3, 0.4) is 0 Å². The molecule has 0 fully saturated rings. The molecule has 0 amide bonds. The molecule has 0 bridgehead atoms. The summed E-state index contributed by atoms with van der Waals surface area (Å²) >= 11 is 0. The lowest BCUT2D eigenvalue weighted by Crippen LogP contribution is -2.24. The maximum absolute atomic E-state index is 12.2. The van der Waals surface area contributed by atoms with Gasteiger partial charge in [-0.05, 0) is 23.8 Å². The van der Waals surface area contributed by atoms with Gasteiger partial charge in [0.1, 0.15) is 5.75 Å². The second kappa shape index (κ2) is 8.22. The summed E-state index contributed by atoms with van der Waals surface area (Å²) in [6.07, 6.45) is -8.43. The van der Waals surface area contributed by atoms with Crippen LogP contribution in [-0.4, -0.2) is 32.5 Å². The molecule has 1 aromatic heterocycles. The van der Waals surface area contributed by atoms with Gasteiger partial charge >= 0.3 is 12.5 Å². The summed E-state index contributed by atoms with van der Waals surface area (Å²) in [5.41, 5.74) is 0.221. The van der Waals surface area contributed by atoms with E-state index in [4.69, 9.17) is 0 Å². The van der Waals surface area contributed by atoms with E-state index in [1.54, 1.807) is 0 Å². The number of aromatic nitrogens is 1. The van der Waals surface area contributed by atoms with Crippen molar-refractivity contribution in [2.24, 2.45) is 0 Å². The number of halogens is 6. The minimum atomic E-state index is -4.99. The molecule has 154 valence electrons. The third kappa shape index (κ3) is 7.23.